The highest BCUT2D eigenvalue weighted by atomic mass is 35.5. The van der Waals surface area contributed by atoms with Crippen molar-refractivity contribution in [2.45, 2.75) is 39.2 Å². The van der Waals surface area contributed by atoms with Crippen LogP contribution in [0.1, 0.15) is 38.2 Å². The van der Waals surface area contributed by atoms with E-state index in [2.05, 4.69) is 28.9 Å². The smallest absolute Gasteiger partial charge is 0.191 e. The molecule has 0 saturated carbocycles. The van der Waals surface area contributed by atoms with E-state index in [-0.39, 0.29) is 0 Å². The van der Waals surface area contributed by atoms with Gasteiger partial charge < -0.3 is 10.6 Å². The zero-order chi connectivity index (χ0) is 17.6. The van der Waals surface area contributed by atoms with Crippen molar-refractivity contribution >= 4 is 17.6 Å². The van der Waals surface area contributed by atoms with E-state index in [1.165, 1.54) is 31.2 Å². The maximum Gasteiger partial charge on any atom is 0.191 e. The number of guanidine groups is 1. The third kappa shape index (κ3) is 5.35. The number of likely N-dealkylation sites (tertiary alicyclic amines) is 2. The Morgan fingerprint density at radius 1 is 1.20 bits per heavy atom. The molecular weight excluding hydrogens is 332 g/mol. The highest BCUT2D eigenvalue weighted by molar-refractivity contribution is 6.31. The lowest BCUT2D eigenvalue weighted by Gasteiger charge is -2.33. The highest BCUT2D eigenvalue weighted by Crippen LogP contribution is 2.22. The monoisotopic (exact) mass is 362 g/mol. The van der Waals surface area contributed by atoms with E-state index in [9.17, 15) is 0 Å². The van der Waals surface area contributed by atoms with Gasteiger partial charge in [-0.1, -0.05) is 36.7 Å². The Bertz CT molecular complexity index is 581. The van der Waals surface area contributed by atoms with Crippen molar-refractivity contribution in [3.8, 4) is 0 Å². The number of halogens is 1. The lowest BCUT2D eigenvalue weighted by molar-refractivity contribution is 0.180. The Kier molecular flexibility index (Phi) is 6.60. The molecule has 5 heteroatoms. The molecular formula is C20H31ClN4. The fourth-order valence-electron chi connectivity index (χ4n) is 3.91. The van der Waals surface area contributed by atoms with E-state index in [4.69, 9.17) is 22.3 Å². The molecule has 2 aliphatic rings. The third-order valence-electron chi connectivity index (χ3n) is 5.55. The molecule has 0 radical (unpaired) electrons. The molecule has 2 aliphatic heterocycles. The van der Waals surface area contributed by atoms with Gasteiger partial charge in [0.2, 0.25) is 0 Å². The van der Waals surface area contributed by atoms with Crippen LogP contribution in [0.3, 0.4) is 0 Å². The summed E-state index contributed by atoms with van der Waals surface area (Å²) in [5.74, 6) is 2.14. The van der Waals surface area contributed by atoms with Crippen LogP contribution in [0.15, 0.2) is 29.3 Å². The number of rotatable bonds is 4. The minimum Gasteiger partial charge on any atom is -0.370 e. The zero-order valence-electron chi connectivity index (χ0n) is 15.3. The normalized spacial score (nSPS) is 23.8. The summed E-state index contributed by atoms with van der Waals surface area (Å²) in [4.78, 5) is 9.47. The van der Waals surface area contributed by atoms with Gasteiger partial charge in [0, 0.05) is 31.2 Å². The van der Waals surface area contributed by atoms with Gasteiger partial charge in [-0.2, -0.15) is 0 Å². The summed E-state index contributed by atoms with van der Waals surface area (Å²) in [6.07, 6.45) is 4.93. The van der Waals surface area contributed by atoms with Gasteiger partial charge in [0.05, 0.1) is 0 Å². The largest absolute Gasteiger partial charge is 0.370 e. The maximum atomic E-state index is 6.28. The molecule has 0 amide bonds. The first-order valence-corrected chi connectivity index (χ1v) is 10.00. The third-order valence-corrected chi connectivity index (χ3v) is 5.92. The second kappa shape index (κ2) is 8.91. The molecule has 2 saturated heterocycles. The quantitative estimate of drug-likeness (QED) is 0.657. The molecule has 138 valence electrons. The summed E-state index contributed by atoms with van der Waals surface area (Å²) in [6.45, 7) is 8.48. The minimum absolute atomic E-state index is 0.656. The molecule has 2 N–H and O–H groups in total. The van der Waals surface area contributed by atoms with E-state index >= 15 is 0 Å². The van der Waals surface area contributed by atoms with Crippen molar-refractivity contribution in [3.63, 3.8) is 0 Å². The SMILES string of the molecule is CC1CCCN(C(N)=NCC2CCN(Cc3ccccc3Cl)CC2)C1. The summed E-state index contributed by atoms with van der Waals surface area (Å²) >= 11 is 6.28. The Morgan fingerprint density at radius 2 is 1.96 bits per heavy atom. The molecule has 0 bridgehead atoms. The van der Waals surface area contributed by atoms with Gasteiger partial charge in [0.25, 0.3) is 0 Å². The Balaban J connectivity index is 1.43. The van der Waals surface area contributed by atoms with Gasteiger partial charge in [-0.3, -0.25) is 9.89 Å². The lowest BCUT2D eigenvalue weighted by Crippen LogP contribution is -2.44. The van der Waals surface area contributed by atoms with Crippen LogP contribution in [0.4, 0.5) is 0 Å². The molecule has 0 aromatic heterocycles. The second-order valence-electron chi connectivity index (χ2n) is 7.70. The van der Waals surface area contributed by atoms with Crippen molar-refractivity contribution < 1.29 is 0 Å². The standard InChI is InChI=1S/C20H31ClN4/c1-16-5-4-10-25(14-16)20(22)23-13-17-8-11-24(12-9-17)15-18-6-2-3-7-19(18)21/h2-3,6-7,16-17H,4-5,8-15H2,1H3,(H2,22,23). The zero-order valence-corrected chi connectivity index (χ0v) is 16.1. The van der Waals surface area contributed by atoms with Crippen molar-refractivity contribution in [3.05, 3.63) is 34.9 Å². The number of piperidine rings is 2. The molecule has 2 heterocycles. The van der Waals surface area contributed by atoms with Crippen LogP contribution in [0.25, 0.3) is 0 Å². The van der Waals surface area contributed by atoms with Crippen molar-refractivity contribution in [1.82, 2.24) is 9.80 Å². The van der Waals surface area contributed by atoms with Crippen LogP contribution < -0.4 is 5.73 Å². The first-order chi connectivity index (χ1) is 12.1. The fraction of sp³-hybridized carbons (Fsp3) is 0.650. The average molecular weight is 363 g/mol. The van der Waals surface area contributed by atoms with Gasteiger partial charge in [-0.05, 0) is 62.2 Å². The predicted molar refractivity (Wildman–Crippen MR) is 106 cm³/mol. The highest BCUT2D eigenvalue weighted by Gasteiger charge is 2.21. The summed E-state index contributed by atoms with van der Waals surface area (Å²) in [5, 5.41) is 0.873. The number of nitrogens with two attached hydrogens (primary N) is 1. The summed E-state index contributed by atoms with van der Waals surface area (Å²) in [5.41, 5.74) is 7.45. The lowest BCUT2D eigenvalue weighted by atomic mass is 9.96. The van der Waals surface area contributed by atoms with Crippen molar-refractivity contribution in [2.75, 3.05) is 32.7 Å². The van der Waals surface area contributed by atoms with Gasteiger partial charge in [-0.15, -0.1) is 0 Å². The molecule has 2 fully saturated rings. The van der Waals surface area contributed by atoms with Gasteiger partial charge >= 0.3 is 0 Å². The minimum atomic E-state index is 0.656. The molecule has 0 spiro atoms. The van der Waals surface area contributed by atoms with Crippen molar-refractivity contribution in [2.24, 2.45) is 22.6 Å². The Hall–Kier alpha value is -1.26. The number of benzene rings is 1. The molecule has 4 nitrogen and oxygen atoms in total. The number of nitrogens with zero attached hydrogens (tertiary/aromatic N) is 3. The molecule has 1 aromatic carbocycles. The van der Waals surface area contributed by atoms with Crippen LogP contribution in [0.2, 0.25) is 5.02 Å². The average Bonchev–Trinajstić information content (AvgIpc) is 2.63. The summed E-state index contributed by atoms with van der Waals surface area (Å²) in [7, 11) is 0. The predicted octanol–water partition coefficient (Wildman–Crippen LogP) is 3.60. The number of hydrogen-bond acceptors (Lipinski definition) is 2. The molecule has 1 unspecified atom stereocenters. The maximum absolute atomic E-state index is 6.28. The molecule has 1 atom stereocenters. The second-order valence-corrected chi connectivity index (χ2v) is 8.11. The van der Waals surface area contributed by atoms with Crippen LogP contribution in [0.5, 0.6) is 0 Å². The van der Waals surface area contributed by atoms with E-state index in [1.54, 1.807) is 0 Å². The Morgan fingerprint density at radius 3 is 2.68 bits per heavy atom. The first-order valence-electron chi connectivity index (χ1n) is 9.62. The van der Waals surface area contributed by atoms with Gasteiger partial charge in [-0.25, -0.2) is 0 Å². The van der Waals surface area contributed by atoms with E-state index in [1.807, 2.05) is 12.1 Å². The topological polar surface area (TPSA) is 44.9 Å². The van der Waals surface area contributed by atoms with Gasteiger partial charge in [0.1, 0.15) is 0 Å². The van der Waals surface area contributed by atoms with Gasteiger partial charge in [0.15, 0.2) is 5.96 Å². The molecule has 0 aliphatic carbocycles. The molecule has 3 rings (SSSR count). The van der Waals surface area contributed by atoms with E-state index in [0.717, 1.165) is 56.2 Å². The first kappa shape index (κ1) is 18.5. The van der Waals surface area contributed by atoms with Crippen molar-refractivity contribution in [1.29, 1.82) is 0 Å². The Labute approximate surface area is 157 Å². The van der Waals surface area contributed by atoms with Crippen LogP contribution in [-0.2, 0) is 6.54 Å². The summed E-state index contributed by atoms with van der Waals surface area (Å²) in [6, 6.07) is 8.15. The van der Waals surface area contributed by atoms with Crippen LogP contribution >= 0.6 is 11.6 Å². The van der Waals surface area contributed by atoms with Crippen LogP contribution in [-0.4, -0.2) is 48.5 Å². The van der Waals surface area contributed by atoms with E-state index < -0.39 is 0 Å². The number of aliphatic imine (C=N–C) groups is 1. The van der Waals surface area contributed by atoms with E-state index in [0.29, 0.717) is 5.92 Å². The fourth-order valence-corrected chi connectivity index (χ4v) is 4.11. The molecule has 1 aromatic rings. The molecule has 25 heavy (non-hydrogen) atoms. The summed E-state index contributed by atoms with van der Waals surface area (Å²) < 4.78 is 0. The number of hydrogen-bond donors (Lipinski definition) is 1. The van der Waals surface area contributed by atoms with Crippen LogP contribution in [0, 0.1) is 11.8 Å².